The molecule has 8 aliphatic rings. The zero-order chi connectivity index (χ0) is 66.6. The summed E-state index contributed by atoms with van der Waals surface area (Å²) in [4.78, 5) is 35.3. The molecule has 0 aromatic heterocycles. The summed E-state index contributed by atoms with van der Waals surface area (Å²) < 4.78 is 87.7. The molecule has 2 aromatic rings. The van der Waals surface area contributed by atoms with Gasteiger partial charge in [0, 0.05) is 101 Å². The Balaban J connectivity index is 0.884. The highest BCUT2D eigenvalue weighted by Crippen LogP contribution is 2.57. The molecule has 2 aromatic carbocycles. The Morgan fingerprint density at radius 1 is 0.602 bits per heavy atom. The van der Waals surface area contributed by atoms with Crippen molar-refractivity contribution in [2.45, 2.75) is 102 Å². The van der Waals surface area contributed by atoms with Crippen LogP contribution in [0.4, 0.5) is 11.4 Å². The smallest absolute Gasteiger partial charge is 0.227 e. The van der Waals surface area contributed by atoms with Crippen molar-refractivity contribution in [1.29, 1.82) is 0 Å². The van der Waals surface area contributed by atoms with E-state index < -0.39 is 42.9 Å². The predicted octanol–water partition coefficient (Wildman–Crippen LogP) is 9.16. The van der Waals surface area contributed by atoms with E-state index in [1.54, 1.807) is 4.90 Å². The molecule has 514 valence electrons. The molecule has 26 heteroatoms. The number of carbonyl (C=O) groups excluding carboxylic acids is 2. The standard InChI is InChI=1S/C67H97I6N10O8S2/c1-4-5-17-51(65(85)77-29-37-83(38-30-77)45-41-81(42-46-83)33-24-75-25-34-81)67(3)57(79(50-93(89,90)91)55-49-53(69)62(71)64(73)60(55)67)19-12-8-6-7-11-18-56-66(2,59-54(48-52(68)61(70)63(59)72)78(56)26-15-10-16-47-92(86,87)88)21-14-9-13-20-58(84)76-27-35-82(36-28-76)43-39-80(40-44-82)31-22-74-23-32-80/h6-8,11-12,18-19,48-49,51,74-75H,4-5,9-10,13-17,20-47,50H2,1-3H3/q+3. The molecule has 6 saturated heterocycles. The quantitative estimate of drug-likeness (QED) is 0.0206. The molecule has 0 radical (unpaired) electrons. The lowest BCUT2D eigenvalue weighted by Crippen LogP contribution is -2.73. The summed E-state index contributed by atoms with van der Waals surface area (Å²) in [5.41, 5.74) is 4.32. The van der Waals surface area contributed by atoms with Crippen LogP contribution in [0, 0.1) is 27.3 Å². The summed E-state index contributed by atoms with van der Waals surface area (Å²) >= 11 is 14.4. The highest BCUT2D eigenvalue weighted by atomic mass is 127. The topological polar surface area (TPSA) is 185 Å². The number of nitrogens with zero attached hydrogens (tertiary/aromatic N) is 8. The minimum absolute atomic E-state index is 0.0925. The second-order valence-electron chi connectivity index (χ2n) is 28.4. The second kappa shape index (κ2) is 32.0. The molecule has 0 bridgehead atoms. The van der Waals surface area contributed by atoms with Gasteiger partial charge in [0.25, 0.3) is 0 Å². The number of quaternary nitrogens is 4. The Morgan fingerprint density at radius 2 is 1.11 bits per heavy atom. The lowest BCUT2D eigenvalue weighted by Gasteiger charge is -2.53. The molecule has 18 nitrogen and oxygen atoms in total. The van der Waals surface area contributed by atoms with Crippen LogP contribution in [0.15, 0.2) is 60.4 Å². The summed E-state index contributed by atoms with van der Waals surface area (Å²) in [6, 6.07) is 4.25. The largest absolute Gasteiger partial charge is 0.748 e. The van der Waals surface area contributed by atoms with Gasteiger partial charge >= 0.3 is 0 Å². The first-order valence-corrected chi connectivity index (χ1v) is 43.6. The first-order valence-electron chi connectivity index (χ1n) is 34.0. The van der Waals surface area contributed by atoms with Crippen LogP contribution in [-0.4, -0.2) is 251 Å². The molecule has 4 spiro atoms. The van der Waals surface area contributed by atoms with Crippen molar-refractivity contribution in [2.75, 3.05) is 180 Å². The molecule has 6 fully saturated rings. The van der Waals surface area contributed by atoms with Crippen LogP contribution in [0.2, 0.25) is 0 Å². The van der Waals surface area contributed by atoms with E-state index in [9.17, 15) is 30.7 Å². The maximum atomic E-state index is 15.6. The third-order valence-electron chi connectivity index (χ3n) is 22.8. The maximum absolute atomic E-state index is 15.6. The number of fused-ring (bicyclic) bond motifs is 2. The predicted molar refractivity (Wildman–Crippen MR) is 419 cm³/mol. The highest BCUT2D eigenvalue weighted by molar-refractivity contribution is 14.1. The van der Waals surface area contributed by atoms with Gasteiger partial charge in [-0.05, 0) is 194 Å². The number of piperazine rings is 6. The maximum Gasteiger partial charge on any atom is 0.227 e. The minimum atomic E-state index is -4.79. The number of hydrogen-bond acceptors (Lipinski definition) is 11. The fraction of sp³-hybridized carbons (Fsp3) is 0.657. The van der Waals surface area contributed by atoms with Crippen LogP contribution in [0.3, 0.4) is 0 Å². The Morgan fingerprint density at radius 3 is 1.66 bits per heavy atom. The summed E-state index contributed by atoms with van der Waals surface area (Å²) in [5.74, 6) is -1.30. The Bertz CT molecular complexity index is 3460. The van der Waals surface area contributed by atoms with E-state index in [4.69, 9.17) is 0 Å². The fourth-order valence-corrected chi connectivity index (χ4v) is 23.3. The summed E-state index contributed by atoms with van der Waals surface area (Å²) in [7, 11) is -9.12. The van der Waals surface area contributed by atoms with Gasteiger partial charge in [-0.3, -0.25) is 9.59 Å². The molecule has 0 saturated carbocycles. The van der Waals surface area contributed by atoms with Crippen LogP contribution in [-0.2, 0) is 40.7 Å². The number of halogens is 6. The first kappa shape index (κ1) is 75.4. The zero-order valence-electron chi connectivity index (χ0n) is 54.6. The van der Waals surface area contributed by atoms with Gasteiger partial charge in [0.05, 0.1) is 106 Å². The van der Waals surface area contributed by atoms with Crippen LogP contribution >= 0.6 is 136 Å². The molecule has 93 heavy (non-hydrogen) atoms. The number of nitrogens with one attached hydrogen (secondary N) is 2. The van der Waals surface area contributed by atoms with E-state index in [0.717, 1.165) is 153 Å². The van der Waals surface area contributed by atoms with Crippen molar-refractivity contribution < 1.29 is 58.0 Å². The number of anilines is 1. The van der Waals surface area contributed by atoms with E-state index in [0.29, 0.717) is 63.1 Å². The zero-order valence-corrected chi connectivity index (χ0v) is 69.1. The Kier molecular flexibility index (Phi) is 25.9. The lowest BCUT2D eigenvalue weighted by atomic mass is 9.68. The number of rotatable bonds is 23. The minimum Gasteiger partial charge on any atom is -0.748 e. The van der Waals surface area contributed by atoms with Crippen LogP contribution in [0.1, 0.15) is 103 Å². The number of benzene rings is 2. The van der Waals surface area contributed by atoms with Gasteiger partial charge in [0.1, 0.15) is 74.9 Å². The number of carbonyl (C=O) groups is 2. The molecule has 0 aliphatic carbocycles. The van der Waals surface area contributed by atoms with Gasteiger partial charge in [-0.25, -0.2) is 16.8 Å². The number of allylic oxidation sites excluding steroid dienone is 8. The SMILES string of the molecule is CCCCC(C(=O)N1CC[N+]2(CC1)CC[N+]1(CCNCC1)CC2)C1(C)/C(=C/C=C/C=C/C=C/C2=[N+](CCCCCS(=O)(=O)[O-])c3cc(I)c(I)c(I)c3C2(C)CCCCCC(=O)N2CC[N+]3(CC2)CC[N+]2(CCNCC2)CC3)N(CS(=O)(=O)[O-])c2cc(I)c(I)c(I)c21. The molecular formula is C67H97I6N10O8S2+3. The van der Waals surface area contributed by atoms with Gasteiger partial charge in [0.2, 0.25) is 17.5 Å². The van der Waals surface area contributed by atoms with Crippen molar-refractivity contribution in [3.8, 4) is 0 Å². The third-order valence-corrected chi connectivity index (χ3v) is 34.4. The Labute approximate surface area is 636 Å². The van der Waals surface area contributed by atoms with E-state index in [1.165, 1.54) is 91.6 Å². The van der Waals surface area contributed by atoms with E-state index in [2.05, 4.69) is 200 Å². The highest BCUT2D eigenvalue weighted by Gasteiger charge is 2.56. The molecule has 8 heterocycles. The van der Waals surface area contributed by atoms with Gasteiger partial charge in [-0.1, -0.05) is 63.0 Å². The molecule has 3 atom stereocenters. The molecular weight excluding hydrogens is 1900 g/mol. The first-order chi connectivity index (χ1) is 44.2. The second-order valence-corrected chi connectivity index (χ2v) is 37.9. The van der Waals surface area contributed by atoms with Gasteiger partial charge in [-0.2, -0.15) is 4.58 Å². The monoisotopic (exact) mass is 2000 g/mol. The molecule has 2 N–H and O–H groups in total. The molecule has 10 rings (SSSR count). The van der Waals surface area contributed by atoms with Crippen molar-refractivity contribution in [3.63, 3.8) is 0 Å². The number of unbranched alkanes of at least 4 members (excludes halogenated alkanes) is 5. The van der Waals surface area contributed by atoms with Gasteiger partial charge in [0.15, 0.2) is 5.71 Å². The summed E-state index contributed by atoms with van der Waals surface area (Å²) in [6.45, 7) is 33.1. The van der Waals surface area contributed by atoms with Crippen molar-refractivity contribution >= 4 is 185 Å². The number of hydrogen-bond donors (Lipinski definition) is 2. The van der Waals surface area contributed by atoms with Crippen molar-refractivity contribution in [2.24, 2.45) is 5.92 Å². The van der Waals surface area contributed by atoms with Gasteiger partial charge < -0.3 is 52.4 Å². The average molecular weight is 2000 g/mol. The fourth-order valence-electron chi connectivity index (χ4n) is 16.9. The molecule has 3 unspecified atom stereocenters. The number of amides is 2. The van der Waals surface area contributed by atoms with Gasteiger partial charge in [-0.15, -0.1) is 0 Å². The van der Waals surface area contributed by atoms with Crippen LogP contribution in [0.5, 0.6) is 0 Å². The molecule has 8 aliphatic heterocycles. The third kappa shape index (κ3) is 17.3. The average Bonchev–Trinajstić information content (AvgIpc) is 1.57. The van der Waals surface area contributed by atoms with Crippen molar-refractivity contribution in [3.05, 3.63) is 92.9 Å². The van der Waals surface area contributed by atoms with Crippen molar-refractivity contribution in [1.82, 2.24) is 20.4 Å². The molecule has 2 amide bonds. The van der Waals surface area contributed by atoms with E-state index >= 15 is 4.79 Å². The lowest BCUT2D eigenvalue weighted by molar-refractivity contribution is -1.03. The summed E-state index contributed by atoms with van der Waals surface area (Å²) in [5, 5.41) is 7.09. The normalized spacial score (nSPS) is 25.3. The van der Waals surface area contributed by atoms with Crippen LogP contribution in [0.25, 0.3) is 0 Å². The van der Waals surface area contributed by atoms with Crippen LogP contribution < -0.4 is 15.5 Å². The summed E-state index contributed by atoms with van der Waals surface area (Å²) in [6.07, 6.45) is 21.9. The van der Waals surface area contributed by atoms with E-state index in [-0.39, 0.29) is 17.6 Å². The van der Waals surface area contributed by atoms with E-state index in [1.807, 2.05) is 36.4 Å². The Hall–Kier alpha value is -0.230.